The zero-order valence-corrected chi connectivity index (χ0v) is 21.1. The van der Waals surface area contributed by atoms with Crippen LogP contribution in [0, 0.1) is 24.4 Å². The van der Waals surface area contributed by atoms with E-state index in [0.717, 1.165) is 15.4 Å². The number of rotatable bonds is 8. The van der Waals surface area contributed by atoms with Gasteiger partial charge < -0.3 is 0 Å². The van der Waals surface area contributed by atoms with Gasteiger partial charge in [-0.15, -0.1) is 23.5 Å². The number of halogens is 4. The van der Waals surface area contributed by atoms with E-state index in [1.54, 1.807) is 36.4 Å². The van der Waals surface area contributed by atoms with Gasteiger partial charge in [0.05, 0.1) is 26.6 Å². The van der Waals surface area contributed by atoms with Gasteiger partial charge in [-0.2, -0.15) is 0 Å². The number of thioether (sulfide) groups is 2. The Balaban J connectivity index is 1.73. The minimum Gasteiger partial charge on any atom is -0.253 e. The first kappa shape index (κ1) is 25.4. The van der Waals surface area contributed by atoms with E-state index in [1.165, 1.54) is 53.9 Å². The second-order valence-electron chi connectivity index (χ2n) is 7.77. The summed E-state index contributed by atoms with van der Waals surface area (Å²) >= 11 is 9.44. The lowest BCUT2D eigenvalue weighted by molar-refractivity contribution is 0.624. The highest BCUT2D eigenvalue weighted by Crippen LogP contribution is 2.39. The van der Waals surface area contributed by atoms with Crippen LogP contribution in [0.2, 0.25) is 5.02 Å². The number of hydrogen-bond donors (Lipinski definition) is 0. The van der Waals surface area contributed by atoms with E-state index in [9.17, 15) is 13.2 Å². The largest absolute Gasteiger partial charge is 0.253 e. The molecule has 0 N–H and O–H groups in total. The van der Waals surface area contributed by atoms with Crippen LogP contribution in [0.3, 0.4) is 0 Å². The third-order valence-electron chi connectivity index (χ3n) is 5.07. The van der Waals surface area contributed by atoms with Crippen molar-refractivity contribution in [1.29, 1.82) is 0 Å². The number of aliphatic imine (C=N–C) groups is 1. The molecule has 178 valence electrons. The molecule has 0 aliphatic carbocycles. The summed E-state index contributed by atoms with van der Waals surface area (Å²) < 4.78 is 41.8. The quantitative estimate of drug-likeness (QED) is 0.128. The predicted octanol–water partition coefficient (Wildman–Crippen LogP) is 9.49. The van der Waals surface area contributed by atoms with Crippen LogP contribution in [0.15, 0.2) is 106 Å². The van der Waals surface area contributed by atoms with Crippen molar-refractivity contribution in [3.8, 4) is 0 Å². The molecule has 0 amide bonds. The molecule has 0 fully saturated rings. The van der Waals surface area contributed by atoms with Crippen molar-refractivity contribution in [2.24, 2.45) is 4.99 Å². The van der Waals surface area contributed by atoms with Crippen LogP contribution in [-0.4, -0.2) is 10.3 Å². The van der Waals surface area contributed by atoms with E-state index >= 15 is 0 Å². The lowest BCUT2D eigenvalue weighted by atomic mass is 10.1. The van der Waals surface area contributed by atoms with Gasteiger partial charge in [0.1, 0.15) is 17.5 Å². The lowest BCUT2D eigenvalue weighted by Crippen LogP contribution is -2.12. The van der Waals surface area contributed by atoms with Gasteiger partial charge in [-0.3, -0.25) is 4.99 Å². The maximum absolute atomic E-state index is 15.0. The Bertz CT molecular complexity index is 1240. The zero-order valence-electron chi connectivity index (χ0n) is 18.7. The molecule has 0 spiro atoms. The van der Waals surface area contributed by atoms with Crippen molar-refractivity contribution < 1.29 is 13.2 Å². The molecule has 4 aromatic carbocycles. The summed E-state index contributed by atoms with van der Waals surface area (Å²) in [4.78, 5) is 6.48. The maximum atomic E-state index is 15.0. The Morgan fingerprint density at radius 2 is 1.31 bits per heavy atom. The van der Waals surface area contributed by atoms with E-state index in [0.29, 0.717) is 17.8 Å². The van der Waals surface area contributed by atoms with Crippen LogP contribution in [0.4, 0.5) is 18.9 Å². The SMILES string of the molecule is Cc1ccc(N=C(CC(Sc2ccc(F)cc2)Sc2ccc(F)cc2)c2c(F)cccc2Cl)cc1. The molecule has 0 radical (unpaired) electrons. The van der Waals surface area contributed by atoms with Gasteiger partial charge in [0.25, 0.3) is 0 Å². The highest BCUT2D eigenvalue weighted by molar-refractivity contribution is 8.17. The molecular weight excluding hydrogens is 507 g/mol. The van der Waals surface area contributed by atoms with Gasteiger partial charge in [0.2, 0.25) is 0 Å². The van der Waals surface area contributed by atoms with E-state index in [1.807, 2.05) is 31.2 Å². The predicted molar refractivity (Wildman–Crippen MR) is 142 cm³/mol. The topological polar surface area (TPSA) is 12.4 Å². The summed E-state index contributed by atoms with van der Waals surface area (Å²) in [5.74, 6) is -1.10. The smallest absolute Gasteiger partial charge is 0.133 e. The van der Waals surface area contributed by atoms with Crippen molar-refractivity contribution in [3.05, 3.63) is 125 Å². The first-order valence-corrected chi connectivity index (χ1v) is 12.9. The van der Waals surface area contributed by atoms with Crippen LogP contribution in [-0.2, 0) is 0 Å². The molecule has 4 aromatic rings. The van der Waals surface area contributed by atoms with E-state index < -0.39 is 5.82 Å². The summed E-state index contributed by atoms with van der Waals surface area (Å²) in [6, 6.07) is 24.6. The Morgan fingerprint density at radius 1 is 0.771 bits per heavy atom. The molecule has 0 heterocycles. The molecule has 35 heavy (non-hydrogen) atoms. The molecule has 0 unspecified atom stereocenters. The summed E-state index contributed by atoms with van der Waals surface area (Å²) in [6.07, 6.45) is 0.346. The molecule has 0 aliphatic rings. The summed E-state index contributed by atoms with van der Waals surface area (Å²) in [5.41, 5.74) is 2.51. The Morgan fingerprint density at radius 3 is 1.83 bits per heavy atom. The van der Waals surface area contributed by atoms with Gasteiger partial charge in [0.15, 0.2) is 0 Å². The van der Waals surface area contributed by atoms with E-state index in [2.05, 4.69) is 0 Å². The molecule has 1 nitrogen and oxygen atoms in total. The third-order valence-corrected chi connectivity index (χ3v) is 7.91. The third kappa shape index (κ3) is 7.17. The molecule has 0 aromatic heterocycles. The normalized spacial score (nSPS) is 11.8. The molecule has 0 aliphatic heterocycles. The Kier molecular flexibility index (Phi) is 8.60. The van der Waals surface area contributed by atoms with Gasteiger partial charge in [-0.05, 0) is 79.7 Å². The average Bonchev–Trinajstić information content (AvgIpc) is 2.83. The first-order valence-electron chi connectivity index (χ1n) is 10.8. The molecule has 0 atom stereocenters. The number of hydrogen-bond acceptors (Lipinski definition) is 3. The van der Waals surface area contributed by atoms with Crippen molar-refractivity contribution >= 4 is 46.5 Å². The molecule has 7 heteroatoms. The summed E-state index contributed by atoms with van der Waals surface area (Å²) in [7, 11) is 0. The summed E-state index contributed by atoms with van der Waals surface area (Å²) in [6.45, 7) is 1.98. The molecule has 0 bridgehead atoms. The highest BCUT2D eigenvalue weighted by atomic mass is 35.5. The minimum absolute atomic E-state index is 0.189. The van der Waals surface area contributed by atoms with Crippen molar-refractivity contribution in [2.45, 2.75) is 27.7 Å². The van der Waals surface area contributed by atoms with Gasteiger partial charge >= 0.3 is 0 Å². The van der Waals surface area contributed by atoms with Crippen LogP contribution in [0.5, 0.6) is 0 Å². The van der Waals surface area contributed by atoms with Crippen LogP contribution in [0.25, 0.3) is 0 Å². The maximum Gasteiger partial charge on any atom is 0.133 e. The van der Waals surface area contributed by atoms with Gasteiger partial charge in [0, 0.05) is 16.2 Å². The molecular formula is C28H21ClF3NS2. The second-order valence-corrected chi connectivity index (χ2v) is 11.0. The fraction of sp³-hybridized carbons (Fsp3) is 0.107. The van der Waals surface area contributed by atoms with Crippen molar-refractivity contribution in [2.75, 3.05) is 0 Å². The fourth-order valence-corrected chi connectivity index (χ4v) is 6.15. The van der Waals surface area contributed by atoms with E-state index in [4.69, 9.17) is 16.6 Å². The minimum atomic E-state index is -0.458. The molecule has 0 saturated carbocycles. The van der Waals surface area contributed by atoms with Crippen LogP contribution < -0.4 is 0 Å². The van der Waals surface area contributed by atoms with Crippen molar-refractivity contribution in [3.63, 3.8) is 0 Å². The molecule has 0 saturated heterocycles. The fourth-order valence-electron chi connectivity index (χ4n) is 3.35. The Labute approximate surface area is 216 Å². The average molecular weight is 528 g/mol. The second kappa shape index (κ2) is 11.8. The van der Waals surface area contributed by atoms with E-state index in [-0.39, 0.29) is 26.8 Å². The number of nitrogens with zero attached hydrogens (tertiary/aromatic N) is 1. The zero-order chi connectivity index (χ0) is 24.8. The lowest BCUT2D eigenvalue weighted by Gasteiger charge is -2.19. The molecule has 4 rings (SSSR count). The van der Waals surface area contributed by atoms with Crippen molar-refractivity contribution in [1.82, 2.24) is 0 Å². The monoisotopic (exact) mass is 527 g/mol. The van der Waals surface area contributed by atoms with Gasteiger partial charge in [-0.1, -0.05) is 35.4 Å². The van der Waals surface area contributed by atoms with Gasteiger partial charge in [-0.25, -0.2) is 13.2 Å². The first-order chi connectivity index (χ1) is 16.9. The summed E-state index contributed by atoms with van der Waals surface area (Å²) in [5, 5.41) is 0.271. The van der Waals surface area contributed by atoms with Crippen LogP contribution >= 0.6 is 35.1 Å². The highest BCUT2D eigenvalue weighted by Gasteiger charge is 2.21. The van der Waals surface area contributed by atoms with Crippen LogP contribution in [0.1, 0.15) is 17.5 Å². The number of benzene rings is 4. The number of aryl methyl sites for hydroxylation is 1. The standard InChI is InChI=1S/C28H21ClF3NS2/c1-18-5-11-21(12-6-18)33-26(28-24(29)3-2-4-25(28)32)17-27(34-22-13-7-19(30)8-14-22)35-23-15-9-20(31)10-16-23/h2-16,27H,17H2,1H3. The Hall–Kier alpha value is -2.67.